The number of aliphatic imine (C=N–C) groups is 1. The summed E-state index contributed by atoms with van der Waals surface area (Å²) in [4.78, 5) is 4.45. The van der Waals surface area contributed by atoms with Gasteiger partial charge in [-0.25, -0.2) is 0 Å². The van der Waals surface area contributed by atoms with Crippen LogP contribution in [0, 0.1) is 5.92 Å². The maximum absolute atomic E-state index is 4.45. The molecule has 0 amide bonds. The predicted octanol–water partition coefficient (Wildman–Crippen LogP) is 3.04. The van der Waals surface area contributed by atoms with E-state index >= 15 is 0 Å². The van der Waals surface area contributed by atoms with Gasteiger partial charge in [-0.3, -0.25) is 4.99 Å². The summed E-state index contributed by atoms with van der Waals surface area (Å²) in [6.45, 7) is 3.31. The van der Waals surface area contributed by atoms with E-state index in [0.717, 1.165) is 12.5 Å². The normalized spacial score (nSPS) is 31.4. The van der Waals surface area contributed by atoms with E-state index in [-0.39, 0.29) is 0 Å². The Balaban J connectivity index is 1.69. The highest BCUT2D eigenvalue weighted by Gasteiger charge is 2.21. The lowest BCUT2D eigenvalue weighted by Gasteiger charge is -2.29. The molecule has 1 heterocycles. The minimum atomic E-state index is 0.711. The summed E-state index contributed by atoms with van der Waals surface area (Å²) in [5, 5.41) is 4.80. The zero-order valence-corrected chi connectivity index (χ0v) is 10.5. The van der Waals surface area contributed by atoms with Gasteiger partial charge >= 0.3 is 0 Å². The molecule has 1 saturated carbocycles. The Hall–Kier alpha value is -0.180. The lowest BCUT2D eigenvalue weighted by atomic mass is 9.84. The van der Waals surface area contributed by atoms with Crippen molar-refractivity contribution in [2.75, 3.05) is 12.3 Å². The van der Waals surface area contributed by atoms with Crippen LogP contribution in [-0.2, 0) is 0 Å². The first-order valence-electron chi connectivity index (χ1n) is 6.32. The average molecular weight is 226 g/mol. The molecule has 0 bridgehead atoms. The minimum absolute atomic E-state index is 0.711. The highest BCUT2D eigenvalue weighted by atomic mass is 32.2. The Morgan fingerprint density at radius 3 is 2.73 bits per heavy atom. The zero-order chi connectivity index (χ0) is 10.5. The van der Waals surface area contributed by atoms with Crippen LogP contribution in [0.3, 0.4) is 0 Å². The summed E-state index contributed by atoms with van der Waals surface area (Å²) in [6, 6.07) is 0.711. The van der Waals surface area contributed by atoms with Crippen LogP contribution in [-0.4, -0.2) is 23.5 Å². The highest BCUT2D eigenvalue weighted by Crippen LogP contribution is 2.28. The van der Waals surface area contributed by atoms with E-state index in [1.807, 2.05) is 11.8 Å². The van der Waals surface area contributed by atoms with E-state index in [4.69, 9.17) is 0 Å². The number of rotatable bonds is 3. The Labute approximate surface area is 97.3 Å². The smallest absolute Gasteiger partial charge is 0.156 e. The van der Waals surface area contributed by atoms with Crippen LogP contribution >= 0.6 is 11.8 Å². The van der Waals surface area contributed by atoms with Gasteiger partial charge in [0.2, 0.25) is 0 Å². The zero-order valence-electron chi connectivity index (χ0n) is 9.67. The highest BCUT2D eigenvalue weighted by molar-refractivity contribution is 8.14. The van der Waals surface area contributed by atoms with Gasteiger partial charge in [0.1, 0.15) is 0 Å². The van der Waals surface area contributed by atoms with Crippen LogP contribution < -0.4 is 5.32 Å². The molecule has 86 valence electrons. The lowest BCUT2D eigenvalue weighted by Crippen LogP contribution is -2.35. The summed E-state index contributed by atoms with van der Waals surface area (Å²) < 4.78 is 0. The van der Waals surface area contributed by atoms with Gasteiger partial charge in [-0.05, 0) is 31.6 Å². The molecule has 0 aromatic rings. The monoisotopic (exact) mass is 226 g/mol. The molecule has 1 aliphatic heterocycles. The summed E-state index contributed by atoms with van der Waals surface area (Å²) in [5.41, 5.74) is 0. The van der Waals surface area contributed by atoms with Gasteiger partial charge in [0, 0.05) is 11.8 Å². The van der Waals surface area contributed by atoms with E-state index in [1.165, 1.54) is 49.4 Å². The summed E-state index contributed by atoms with van der Waals surface area (Å²) in [6.07, 6.45) is 8.33. The first-order valence-corrected chi connectivity index (χ1v) is 7.31. The van der Waals surface area contributed by atoms with Gasteiger partial charge in [-0.15, -0.1) is 0 Å². The van der Waals surface area contributed by atoms with Crippen molar-refractivity contribution in [3.8, 4) is 0 Å². The first-order chi connectivity index (χ1) is 7.38. The van der Waals surface area contributed by atoms with Crippen molar-refractivity contribution in [3.05, 3.63) is 0 Å². The van der Waals surface area contributed by atoms with Crippen molar-refractivity contribution in [3.63, 3.8) is 0 Å². The second-order valence-corrected chi connectivity index (χ2v) is 5.77. The molecule has 1 aliphatic carbocycles. The van der Waals surface area contributed by atoms with Crippen molar-refractivity contribution >= 4 is 16.9 Å². The van der Waals surface area contributed by atoms with Crippen LogP contribution in [0.1, 0.15) is 45.4 Å². The SMILES string of the molecule is CCCC1CCC(NC2=NCCS2)CC1. The molecule has 2 nitrogen and oxygen atoms in total. The van der Waals surface area contributed by atoms with E-state index < -0.39 is 0 Å². The first kappa shape index (κ1) is 11.3. The molecule has 2 rings (SSSR count). The van der Waals surface area contributed by atoms with Crippen LogP contribution in [0.5, 0.6) is 0 Å². The largest absolute Gasteiger partial charge is 0.362 e. The molecule has 0 saturated heterocycles. The maximum Gasteiger partial charge on any atom is 0.156 e. The Bertz CT molecular complexity index is 220. The fraction of sp³-hybridized carbons (Fsp3) is 0.917. The number of nitrogens with zero attached hydrogens (tertiary/aromatic N) is 1. The van der Waals surface area contributed by atoms with Crippen LogP contribution in [0.4, 0.5) is 0 Å². The average Bonchev–Trinajstić information content (AvgIpc) is 2.74. The molecule has 0 aromatic carbocycles. The van der Waals surface area contributed by atoms with E-state index in [0.29, 0.717) is 6.04 Å². The third-order valence-electron chi connectivity index (χ3n) is 3.46. The molecular formula is C12H22N2S. The number of thioether (sulfide) groups is 1. The van der Waals surface area contributed by atoms with Crippen molar-refractivity contribution in [2.24, 2.45) is 10.9 Å². The third kappa shape index (κ3) is 3.40. The number of hydrogen-bond acceptors (Lipinski definition) is 3. The number of nitrogens with one attached hydrogen (secondary N) is 1. The van der Waals surface area contributed by atoms with Crippen LogP contribution in [0.2, 0.25) is 0 Å². The third-order valence-corrected chi connectivity index (χ3v) is 4.36. The van der Waals surface area contributed by atoms with Crippen LogP contribution in [0.15, 0.2) is 4.99 Å². The molecule has 0 atom stereocenters. The van der Waals surface area contributed by atoms with Gasteiger partial charge in [0.05, 0.1) is 6.54 Å². The second-order valence-electron chi connectivity index (χ2n) is 4.69. The molecule has 3 heteroatoms. The molecular weight excluding hydrogens is 204 g/mol. The van der Waals surface area contributed by atoms with Gasteiger partial charge in [-0.1, -0.05) is 31.5 Å². The topological polar surface area (TPSA) is 24.4 Å². The van der Waals surface area contributed by atoms with Crippen molar-refractivity contribution in [2.45, 2.75) is 51.5 Å². The van der Waals surface area contributed by atoms with Gasteiger partial charge < -0.3 is 5.32 Å². The fourth-order valence-corrected chi connectivity index (χ4v) is 3.41. The van der Waals surface area contributed by atoms with Gasteiger partial charge in [0.25, 0.3) is 0 Å². The summed E-state index contributed by atoms with van der Waals surface area (Å²) in [7, 11) is 0. The molecule has 0 radical (unpaired) electrons. The van der Waals surface area contributed by atoms with Crippen molar-refractivity contribution in [1.29, 1.82) is 0 Å². The molecule has 1 fully saturated rings. The standard InChI is InChI=1S/C12H22N2S/c1-2-3-10-4-6-11(7-5-10)14-12-13-8-9-15-12/h10-11H,2-9H2,1H3,(H,13,14). The molecule has 0 spiro atoms. The van der Waals surface area contributed by atoms with E-state index in [9.17, 15) is 0 Å². The van der Waals surface area contributed by atoms with Crippen molar-refractivity contribution in [1.82, 2.24) is 5.32 Å². The lowest BCUT2D eigenvalue weighted by molar-refractivity contribution is 0.296. The van der Waals surface area contributed by atoms with Crippen molar-refractivity contribution < 1.29 is 0 Å². The van der Waals surface area contributed by atoms with E-state index in [1.54, 1.807) is 0 Å². The predicted molar refractivity (Wildman–Crippen MR) is 68.5 cm³/mol. The Kier molecular flexibility index (Phi) is 4.36. The molecule has 2 aliphatic rings. The quantitative estimate of drug-likeness (QED) is 0.800. The second kappa shape index (κ2) is 5.78. The summed E-state index contributed by atoms with van der Waals surface area (Å²) in [5.74, 6) is 2.18. The molecule has 0 aromatic heterocycles. The van der Waals surface area contributed by atoms with Crippen LogP contribution in [0.25, 0.3) is 0 Å². The number of amidine groups is 1. The van der Waals surface area contributed by atoms with E-state index in [2.05, 4.69) is 17.2 Å². The molecule has 0 unspecified atom stereocenters. The fourth-order valence-electron chi connectivity index (χ4n) is 2.60. The Morgan fingerprint density at radius 2 is 2.13 bits per heavy atom. The molecule has 1 N–H and O–H groups in total. The van der Waals surface area contributed by atoms with Gasteiger partial charge in [-0.2, -0.15) is 0 Å². The Morgan fingerprint density at radius 1 is 1.33 bits per heavy atom. The molecule has 15 heavy (non-hydrogen) atoms. The number of hydrogen-bond donors (Lipinski definition) is 1. The summed E-state index contributed by atoms with van der Waals surface area (Å²) >= 11 is 1.89. The minimum Gasteiger partial charge on any atom is -0.362 e. The maximum atomic E-state index is 4.45. The van der Waals surface area contributed by atoms with Gasteiger partial charge in [0.15, 0.2) is 5.17 Å².